The van der Waals surface area contributed by atoms with Crippen molar-refractivity contribution < 1.29 is 14.3 Å². The van der Waals surface area contributed by atoms with E-state index in [-0.39, 0.29) is 12.5 Å². The summed E-state index contributed by atoms with van der Waals surface area (Å²) in [4.78, 5) is 29.7. The number of benzene rings is 2. The summed E-state index contributed by atoms with van der Waals surface area (Å²) < 4.78 is 5.44. The summed E-state index contributed by atoms with van der Waals surface area (Å²) in [6.07, 6.45) is 1.79. The Labute approximate surface area is 175 Å². The Bertz CT molecular complexity index is 1080. The monoisotopic (exact) mass is 406 g/mol. The Hall–Kier alpha value is -2.96. The average Bonchev–Trinajstić information content (AvgIpc) is 2.79. The maximum Gasteiger partial charge on any atom is 0.344 e. The van der Waals surface area contributed by atoms with Crippen LogP contribution in [0.15, 0.2) is 63.8 Å². The van der Waals surface area contributed by atoms with E-state index in [1.807, 2.05) is 41.3 Å². The molecule has 2 heterocycles. The van der Waals surface area contributed by atoms with Crippen molar-refractivity contribution in [1.82, 2.24) is 9.80 Å². The molecule has 0 radical (unpaired) electrons. The fraction of sp³-hybridized carbons (Fsp3) is 0.333. The summed E-state index contributed by atoms with van der Waals surface area (Å²) in [6.45, 7) is 4.22. The Morgan fingerprint density at radius 2 is 1.77 bits per heavy atom. The Morgan fingerprint density at radius 3 is 2.57 bits per heavy atom. The SMILES string of the molecule is O=C(c1cccc(-c2cc3ccccc3oc2=O)c1)N1CCN(CCCCO)CC1. The number of aliphatic hydroxyl groups excluding tert-OH is 1. The van der Waals surface area contributed by atoms with Crippen LogP contribution in [0.3, 0.4) is 0 Å². The van der Waals surface area contributed by atoms with Crippen LogP contribution in [0.25, 0.3) is 22.1 Å². The molecule has 6 nitrogen and oxygen atoms in total. The van der Waals surface area contributed by atoms with Gasteiger partial charge < -0.3 is 14.4 Å². The Balaban J connectivity index is 1.50. The van der Waals surface area contributed by atoms with Crippen molar-refractivity contribution >= 4 is 16.9 Å². The number of aliphatic hydroxyl groups is 1. The van der Waals surface area contributed by atoms with Crippen LogP contribution in [0.1, 0.15) is 23.2 Å². The normalized spacial score (nSPS) is 14.9. The fourth-order valence-electron chi connectivity index (χ4n) is 3.89. The minimum Gasteiger partial charge on any atom is -0.422 e. The molecule has 1 aliphatic heterocycles. The van der Waals surface area contributed by atoms with E-state index in [2.05, 4.69) is 4.90 Å². The van der Waals surface area contributed by atoms with E-state index in [1.165, 1.54) is 0 Å². The third kappa shape index (κ3) is 4.45. The first-order valence-corrected chi connectivity index (χ1v) is 10.4. The molecule has 4 rings (SSSR count). The molecule has 0 atom stereocenters. The first-order valence-electron chi connectivity index (χ1n) is 10.4. The van der Waals surface area contributed by atoms with E-state index in [4.69, 9.17) is 9.52 Å². The summed E-state index contributed by atoms with van der Waals surface area (Å²) >= 11 is 0. The number of carbonyl (C=O) groups is 1. The van der Waals surface area contributed by atoms with Crippen molar-refractivity contribution in [1.29, 1.82) is 0 Å². The van der Waals surface area contributed by atoms with Crippen molar-refractivity contribution in [3.8, 4) is 11.1 Å². The third-order valence-electron chi connectivity index (χ3n) is 5.60. The third-order valence-corrected chi connectivity index (χ3v) is 5.60. The van der Waals surface area contributed by atoms with Gasteiger partial charge in [-0.15, -0.1) is 0 Å². The first-order chi connectivity index (χ1) is 14.7. The van der Waals surface area contributed by atoms with E-state index in [0.717, 1.165) is 37.9 Å². The molecule has 0 bridgehead atoms. The van der Waals surface area contributed by atoms with Crippen LogP contribution < -0.4 is 5.63 Å². The number of piperazine rings is 1. The highest BCUT2D eigenvalue weighted by Gasteiger charge is 2.22. The second kappa shape index (κ2) is 9.24. The zero-order chi connectivity index (χ0) is 20.9. The van der Waals surface area contributed by atoms with Gasteiger partial charge in [-0.1, -0.05) is 30.3 Å². The number of rotatable bonds is 6. The van der Waals surface area contributed by atoms with Gasteiger partial charge in [-0.2, -0.15) is 0 Å². The number of amides is 1. The number of unbranched alkanes of at least 4 members (excludes halogenated alkanes) is 1. The average molecular weight is 406 g/mol. The molecule has 0 spiro atoms. The van der Waals surface area contributed by atoms with Gasteiger partial charge in [0.1, 0.15) is 5.58 Å². The van der Waals surface area contributed by atoms with Crippen LogP contribution in [0.5, 0.6) is 0 Å². The Morgan fingerprint density at radius 1 is 0.967 bits per heavy atom. The quantitative estimate of drug-likeness (QED) is 0.503. The second-order valence-electron chi connectivity index (χ2n) is 7.63. The highest BCUT2D eigenvalue weighted by molar-refractivity contribution is 5.95. The van der Waals surface area contributed by atoms with Gasteiger partial charge in [-0.05, 0) is 49.2 Å². The molecule has 1 N–H and O–H groups in total. The number of carbonyl (C=O) groups excluding carboxylic acids is 1. The topological polar surface area (TPSA) is 74.0 Å². The number of para-hydroxylation sites is 1. The van der Waals surface area contributed by atoms with Crippen molar-refractivity contribution in [3.63, 3.8) is 0 Å². The van der Waals surface area contributed by atoms with Crippen LogP contribution >= 0.6 is 0 Å². The molecule has 0 aliphatic carbocycles. The van der Waals surface area contributed by atoms with Gasteiger partial charge in [0.2, 0.25) is 0 Å². The van der Waals surface area contributed by atoms with E-state index >= 15 is 0 Å². The molecule has 1 saturated heterocycles. The van der Waals surface area contributed by atoms with Gasteiger partial charge in [0.15, 0.2) is 0 Å². The number of fused-ring (bicyclic) bond motifs is 1. The minimum absolute atomic E-state index is 0.0166. The molecule has 0 saturated carbocycles. The number of nitrogens with zero attached hydrogens (tertiary/aromatic N) is 2. The highest BCUT2D eigenvalue weighted by atomic mass is 16.4. The van der Waals surface area contributed by atoms with Gasteiger partial charge in [0.25, 0.3) is 5.91 Å². The Kier molecular flexibility index (Phi) is 6.26. The molecular weight excluding hydrogens is 380 g/mol. The summed E-state index contributed by atoms with van der Waals surface area (Å²) in [7, 11) is 0. The number of hydrogen-bond acceptors (Lipinski definition) is 5. The summed E-state index contributed by atoms with van der Waals surface area (Å²) in [5, 5.41) is 9.76. The van der Waals surface area contributed by atoms with E-state index in [9.17, 15) is 9.59 Å². The molecule has 6 heteroatoms. The predicted octanol–water partition coefficient (Wildman–Crippen LogP) is 2.99. The van der Waals surface area contributed by atoms with E-state index in [0.29, 0.717) is 35.4 Å². The molecule has 2 aromatic carbocycles. The lowest BCUT2D eigenvalue weighted by Gasteiger charge is -2.34. The van der Waals surface area contributed by atoms with Crippen LogP contribution in [-0.2, 0) is 0 Å². The zero-order valence-corrected chi connectivity index (χ0v) is 16.9. The largest absolute Gasteiger partial charge is 0.422 e. The van der Waals surface area contributed by atoms with Crippen molar-refractivity contribution in [2.75, 3.05) is 39.3 Å². The lowest BCUT2D eigenvalue weighted by molar-refractivity contribution is 0.0634. The summed E-state index contributed by atoms with van der Waals surface area (Å²) in [6, 6.07) is 16.4. The van der Waals surface area contributed by atoms with Crippen molar-refractivity contribution in [2.45, 2.75) is 12.8 Å². The molecule has 3 aromatic rings. The van der Waals surface area contributed by atoms with Crippen LogP contribution in [0.2, 0.25) is 0 Å². The lowest BCUT2D eigenvalue weighted by Crippen LogP contribution is -2.48. The standard InChI is InChI=1S/C24H26N2O4/c27-15-4-3-10-25-11-13-26(14-12-25)23(28)20-8-5-7-18(16-20)21-17-19-6-1-2-9-22(19)30-24(21)29/h1-2,5-9,16-17,27H,3-4,10-15H2. The van der Waals surface area contributed by atoms with Crippen LogP contribution in [0.4, 0.5) is 0 Å². The van der Waals surface area contributed by atoms with Gasteiger partial charge in [-0.25, -0.2) is 4.79 Å². The maximum atomic E-state index is 13.0. The smallest absolute Gasteiger partial charge is 0.344 e. The fourth-order valence-corrected chi connectivity index (χ4v) is 3.89. The molecule has 1 aliphatic rings. The molecule has 0 unspecified atom stereocenters. The molecular formula is C24H26N2O4. The zero-order valence-electron chi connectivity index (χ0n) is 16.9. The van der Waals surface area contributed by atoms with Gasteiger partial charge in [-0.3, -0.25) is 9.69 Å². The number of hydrogen-bond donors (Lipinski definition) is 1. The highest BCUT2D eigenvalue weighted by Crippen LogP contribution is 2.22. The lowest BCUT2D eigenvalue weighted by atomic mass is 10.0. The second-order valence-corrected chi connectivity index (χ2v) is 7.63. The van der Waals surface area contributed by atoms with E-state index in [1.54, 1.807) is 18.2 Å². The maximum absolute atomic E-state index is 13.0. The van der Waals surface area contributed by atoms with Gasteiger partial charge >= 0.3 is 5.63 Å². The van der Waals surface area contributed by atoms with Crippen molar-refractivity contribution in [2.24, 2.45) is 0 Å². The molecule has 1 aromatic heterocycles. The predicted molar refractivity (Wildman–Crippen MR) is 117 cm³/mol. The van der Waals surface area contributed by atoms with E-state index < -0.39 is 5.63 Å². The summed E-state index contributed by atoms with van der Waals surface area (Å²) in [5.41, 5.74) is 1.86. The minimum atomic E-state index is -0.408. The van der Waals surface area contributed by atoms with Gasteiger partial charge in [0.05, 0.1) is 5.56 Å². The first kappa shape index (κ1) is 20.3. The van der Waals surface area contributed by atoms with Crippen molar-refractivity contribution in [3.05, 3.63) is 70.6 Å². The molecule has 30 heavy (non-hydrogen) atoms. The molecule has 1 fully saturated rings. The molecule has 156 valence electrons. The molecule has 1 amide bonds. The van der Waals surface area contributed by atoms with Crippen LogP contribution in [0, 0.1) is 0 Å². The summed E-state index contributed by atoms with van der Waals surface area (Å²) in [5.74, 6) is -0.0166. The van der Waals surface area contributed by atoms with Gasteiger partial charge in [0, 0.05) is 43.7 Å². The van der Waals surface area contributed by atoms with Crippen LogP contribution in [-0.4, -0.2) is 60.1 Å².